The Morgan fingerprint density at radius 3 is 2.78 bits per heavy atom. The van der Waals surface area contributed by atoms with Gasteiger partial charge in [0.2, 0.25) is 0 Å². The summed E-state index contributed by atoms with van der Waals surface area (Å²) >= 11 is 1.55. The van der Waals surface area contributed by atoms with Gasteiger partial charge in [-0.2, -0.15) is 5.10 Å². The van der Waals surface area contributed by atoms with E-state index in [4.69, 9.17) is 0 Å². The molecule has 142 valence electrons. The number of thiophene rings is 1. The second kappa shape index (κ2) is 8.83. The summed E-state index contributed by atoms with van der Waals surface area (Å²) in [5.74, 6) is 0.671. The Hall–Kier alpha value is -2.64. The lowest BCUT2D eigenvalue weighted by Crippen LogP contribution is -2.44. The van der Waals surface area contributed by atoms with Crippen molar-refractivity contribution in [3.05, 3.63) is 70.7 Å². The van der Waals surface area contributed by atoms with Crippen LogP contribution in [0, 0.1) is 0 Å². The number of rotatable bonds is 7. The quantitative estimate of drug-likeness (QED) is 0.433. The molecule has 6 nitrogen and oxygen atoms in total. The molecule has 0 radical (unpaired) electrons. The molecule has 1 unspecified atom stereocenters. The van der Waals surface area contributed by atoms with Gasteiger partial charge in [-0.25, -0.2) is 9.67 Å². The first-order valence-corrected chi connectivity index (χ1v) is 9.84. The first-order valence-electron chi connectivity index (χ1n) is 8.96. The molecule has 3 N–H and O–H groups in total. The second-order valence-electron chi connectivity index (χ2n) is 6.38. The highest BCUT2D eigenvalue weighted by Gasteiger charge is 2.24. The van der Waals surface area contributed by atoms with Gasteiger partial charge in [-0.15, -0.1) is 11.3 Å². The predicted molar refractivity (Wildman–Crippen MR) is 110 cm³/mol. The topological polar surface area (TPSA) is 74.5 Å². The normalized spacial score (nSPS) is 14.0. The van der Waals surface area contributed by atoms with Gasteiger partial charge in [0, 0.05) is 23.8 Å². The fourth-order valence-electron chi connectivity index (χ4n) is 2.71. The van der Waals surface area contributed by atoms with E-state index in [9.17, 15) is 5.11 Å². The molecule has 0 saturated heterocycles. The van der Waals surface area contributed by atoms with Gasteiger partial charge in [0.25, 0.3) is 0 Å². The van der Waals surface area contributed by atoms with E-state index in [1.165, 1.54) is 0 Å². The molecular weight excluding hydrogens is 358 g/mol. The van der Waals surface area contributed by atoms with Crippen molar-refractivity contribution >= 4 is 17.3 Å². The number of hydrogen-bond acceptors (Lipinski definition) is 4. The van der Waals surface area contributed by atoms with Gasteiger partial charge in [-0.1, -0.05) is 24.3 Å². The average molecular weight is 384 g/mol. The molecule has 7 heteroatoms. The molecule has 0 aliphatic rings. The molecule has 3 rings (SSSR count). The van der Waals surface area contributed by atoms with Crippen LogP contribution in [0.5, 0.6) is 0 Å². The van der Waals surface area contributed by atoms with E-state index < -0.39 is 5.60 Å². The van der Waals surface area contributed by atoms with Gasteiger partial charge in [-0.3, -0.25) is 0 Å². The highest BCUT2D eigenvalue weighted by molar-refractivity contribution is 7.10. The molecule has 1 atom stereocenters. The summed E-state index contributed by atoms with van der Waals surface area (Å²) < 4.78 is 1.84. The molecule has 0 saturated carbocycles. The summed E-state index contributed by atoms with van der Waals surface area (Å²) in [6.07, 6.45) is 3.68. The number of aliphatic hydroxyl groups is 1. The molecule has 0 bridgehead atoms. The number of hydrogen-bond donors (Lipinski definition) is 3. The number of guanidine groups is 1. The molecule has 0 aliphatic carbocycles. The number of para-hydroxylation sites is 1. The monoisotopic (exact) mass is 383 g/mol. The lowest BCUT2D eigenvalue weighted by molar-refractivity contribution is 0.0655. The minimum absolute atomic E-state index is 0.375. The average Bonchev–Trinajstić information content (AvgIpc) is 3.38. The first kappa shape index (κ1) is 19.1. The molecule has 2 heterocycles. The van der Waals surface area contributed by atoms with Crippen LogP contribution in [-0.4, -0.2) is 33.9 Å². The summed E-state index contributed by atoms with van der Waals surface area (Å²) in [5.41, 5.74) is 1.13. The van der Waals surface area contributed by atoms with Crippen LogP contribution >= 0.6 is 11.3 Å². The molecule has 2 aromatic heterocycles. The van der Waals surface area contributed by atoms with E-state index in [-0.39, 0.29) is 0 Å². The first-order chi connectivity index (χ1) is 13.1. The van der Waals surface area contributed by atoms with Crippen LogP contribution in [0.4, 0.5) is 0 Å². The van der Waals surface area contributed by atoms with Crippen molar-refractivity contribution in [3.63, 3.8) is 0 Å². The minimum atomic E-state index is -0.947. The fraction of sp³-hybridized carbons (Fsp3) is 0.300. The Morgan fingerprint density at radius 2 is 2.07 bits per heavy atom. The Kier molecular flexibility index (Phi) is 6.26. The lowest BCUT2D eigenvalue weighted by atomic mass is 10.1. The molecule has 1 aromatic carbocycles. The third kappa shape index (κ3) is 4.96. The molecule has 27 heavy (non-hydrogen) atoms. The van der Waals surface area contributed by atoms with Crippen molar-refractivity contribution < 1.29 is 5.11 Å². The maximum Gasteiger partial charge on any atom is 0.191 e. The van der Waals surface area contributed by atoms with Crippen LogP contribution in [0.15, 0.2) is 65.2 Å². The molecule has 0 amide bonds. The number of aliphatic imine (C=N–C) groups is 1. The molecular formula is C20H25N5OS. The SMILES string of the molecule is CCNC(=NCc1ccccc1-n1cccn1)NCC(C)(O)c1cccs1. The summed E-state index contributed by atoms with van der Waals surface area (Å²) in [4.78, 5) is 5.61. The van der Waals surface area contributed by atoms with E-state index in [0.717, 1.165) is 22.7 Å². The summed E-state index contributed by atoms with van der Waals surface area (Å²) in [6, 6.07) is 13.9. The largest absolute Gasteiger partial charge is 0.383 e. The minimum Gasteiger partial charge on any atom is -0.383 e. The van der Waals surface area contributed by atoms with E-state index >= 15 is 0 Å². The van der Waals surface area contributed by atoms with E-state index in [1.807, 2.05) is 72.6 Å². The predicted octanol–water partition coefficient (Wildman–Crippen LogP) is 2.90. The Bertz CT molecular complexity index is 856. The molecule has 0 fully saturated rings. The molecule has 0 aliphatic heterocycles. The van der Waals surface area contributed by atoms with Gasteiger partial charge in [0.1, 0.15) is 5.60 Å². The van der Waals surface area contributed by atoms with Crippen molar-refractivity contribution in [2.24, 2.45) is 4.99 Å². The zero-order chi connectivity index (χ0) is 19.1. The summed E-state index contributed by atoms with van der Waals surface area (Å²) in [7, 11) is 0. The van der Waals surface area contributed by atoms with Crippen LogP contribution in [0.1, 0.15) is 24.3 Å². The summed E-state index contributed by atoms with van der Waals surface area (Å²) in [6.45, 7) is 5.45. The van der Waals surface area contributed by atoms with E-state index in [1.54, 1.807) is 17.5 Å². The van der Waals surface area contributed by atoms with Crippen LogP contribution in [0.25, 0.3) is 5.69 Å². The van der Waals surface area contributed by atoms with Gasteiger partial charge in [0.05, 0.1) is 18.8 Å². The summed E-state index contributed by atoms with van der Waals surface area (Å²) in [5, 5.41) is 23.5. The second-order valence-corrected chi connectivity index (χ2v) is 7.33. The van der Waals surface area contributed by atoms with Gasteiger partial charge >= 0.3 is 0 Å². The standard InChI is InChI=1S/C20H25N5OS/c1-3-21-19(23-15-20(2,26)18-10-6-13-27-18)22-14-16-8-4-5-9-17(16)25-12-7-11-24-25/h4-13,26H,3,14-15H2,1-2H3,(H2,21,22,23). The zero-order valence-electron chi connectivity index (χ0n) is 15.6. The fourth-order valence-corrected chi connectivity index (χ4v) is 3.50. The highest BCUT2D eigenvalue weighted by atomic mass is 32.1. The third-order valence-electron chi connectivity index (χ3n) is 4.15. The highest BCUT2D eigenvalue weighted by Crippen LogP contribution is 2.24. The van der Waals surface area contributed by atoms with Gasteiger partial charge < -0.3 is 15.7 Å². The van der Waals surface area contributed by atoms with Crippen molar-refractivity contribution in [2.75, 3.05) is 13.1 Å². The number of nitrogens with zero attached hydrogens (tertiary/aromatic N) is 3. The third-order valence-corrected chi connectivity index (χ3v) is 5.27. The number of benzene rings is 1. The van der Waals surface area contributed by atoms with Crippen molar-refractivity contribution in [1.29, 1.82) is 0 Å². The Balaban J connectivity index is 1.72. The molecule has 0 spiro atoms. The van der Waals surface area contributed by atoms with E-state index in [2.05, 4.69) is 20.7 Å². The van der Waals surface area contributed by atoms with Crippen LogP contribution in [0.2, 0.25) is 0 Å². The van der Waals surface area contributed by atoms with E-state index in [0.29, 0.717) is 19.0 Å². The number of nitrogens with one attached hydrogen (secondary N) is 2. The zero-order valence-corrected chi connectivity index (χ0v) is 16.4. The Labute approximate surface area is 163 Å². The maximum atomic E-state index is 10.7. The van der Waals surface area contributed by atoms with Crippen LogP contribution < -0.4 is 10.6 Å². The Morgan fingerprint density at radius 1 is 1.22 bits per heavy atom. The smallest absolute Gasteiger partial charge is 0.191 e. The van der Waals surface area contributed by atoms with Gasteiger partial charge in [-0.05, 0) is 43.0 Å². The van der Waals surface area contributed by atoms with Crippen molar-refractivity contribution in [3.8, 4) is 5.69 Å². The van der Waals surface area contributed by atoms with Crippen LogP contribution in [0.3, 0.4) is 0 Å². The van der Waals surface area contributed by atoms with Crippen molar-refractivity contribution in [2.45, 2.75) is 26.0 Å². The number of aromatic nitrogens is 2. The molecule has 3 aromatic rings. The maximum absolute atomic E-state index is 10.7. The van der Waals surface area contributed by atoms with Gasteiger partial charge in [0.15, 0.2) is 5.96 Å². The van der Waals surface area contributed by atoms with Crippen LogP contribution in [-0.2, 0) is 12.1 Å². The van der Waals surface area contributed by atoms with Crippen molar-refractivity contribution in [1.82, 2.24) is 20.4 Å². The lowest BCUT2D eigenvalue weighted by Gasteiger charge is -2.23.